The fourth-order valence-corrected chi connectivity index (χ4v) is 2.58. The molecule has 0 bridgehead atoms. The van der Waals surface area contributed by atoms with Crippen LogP contribution in [0, 0.1) is 0 Å². The summed E-state index contributed by atoms with van der Waals surface area (Å²) in [7, 11) is 0. The van der Waals surface area contributed by atoms with Crippen LogP contribution in [0.15, 0.2) is 30.3 Å². The number of hydrogen-bond donors (Lipinski definition) is 2. The summed E-state index contributed by atoms with van der Waals surface area (Å²) in [6.45, 7) is 1.83. The average Bonchev–Trinajstić information content (AvgIpc) is 2.96. The molecule has 0 spiro atoms. The highest BCUT2D eigenvalue weighted by Gasteiger charge is 2.18. The molecule has 20 heavy (non-hydrogen) atoms. The van der Waals surface area contributed by atoms with Crippen LogP contribution in [0.4, 0.5) is 0 Å². The maximum absolute atomic E-state index is 12.2. The molecule has 2 aromatic rings. The number of rotatable bonds is 6. The van der Waals surface area contributed by atoms with E-state index >= 15 is 0 Å². The molecule has 106 valence electrons. The Bertz CT molecular complexity index is 557. The molecule has 1 aromatic carbocycles. The van der Waals surface area contributed by atoms with Crippen LogP contribution in [-0.2, 0) is 12.8 Å². The first-order valence-corrected chi connectivity index (χ1v) is 7.28. The van der Waals surface area contributed by atoms with E-state index in [0.29, 0.717) is 23.4 Å². The predicted molar refractivity (Wildman–Crippen MR) is 77.8 cm³/mol. The van der Waals surface area contributed by atoms with Gasteiger partial charge >= 0.3 is 0 Å². The van der Waals surface area contributed by atoms with Crippen LogP contribution in [0.5, 0.6) is 0 Å². The van der Waals surface area contributed by atoms with Crippen LogP contribution in [0.25, 0.3) is 0 Å². The van der Waals surface area contributed by atoms with E-state index in [9.17, 15) is 9.90 Å². The highest BCUT2D eigenvalue weighted by molar-refractivity contribution is 7.08. The average molecular weight is 291 g/mol. The van der Waals surface area contributed by atoms with Gasteiger partial charge in [-0.25, -0.2) is 0 Å². The topological polar surface area (TPSA) is 75.1 Å². The first kappa shape index (κ1) is 14.6. The second kappa shape index (κ2) is 7.12. The third-order valence-corrected chi connectivity index (χ3v) is 3.74. The Hall–Kier alpha value is -1.79. The van der Waals surface area contributed by atoms with Crippen molar-refractivity contribution in [3.8, 4) is 0 Å². The maximum Gasteiger partial charge on any atom is 0.265 e. The summed E-state index contributed by atoms with van der Waals surface area (Å²) in [5, 5.41) is 16.2. The van der Waals surface area contributed by atoms with Crippen LogP contribution >= 0.6 is 11.5 Å². The molecule has 6 heteroatoms. The molecular weight excluding hydrogens is 274 g/mol. The Morgan fingerprint density at radius 1 is 1.40 bits per heavy atom. The molecule has 0 saturated heterocycles. The van der Waals surface area contributed by atoms with Crippen molar-refractivity contribution < 1.29 is 9.90 Å². The Balaban J connectivity index is 2.01. The normalized spacial score (nSPS) is 12.1. The van der Waals surface area contributed by atoms with Crippen LogP contribution in [0.2, 0.25) is 0 Å². The van der Waals surface area contributed by atoms with Gasteiger partial charge in [0.15, 0.2) is 0 Å². The van der Waals surface area contributed by atoms with Gasteiger partial charge in [0.1, 0.15) is 4.88 Å². The molecular formula is C14H17N3O2S. The Morgan fingerprint density at radius 3 is 2.80 bits per heavy atom. The second-order valence-electron chi connectivity index (χ2n) is 4.44. The summed E-state index contributed by atoms with van der Waals surface area (Å²) < 4.78 is 3.80. The van der Waals surface area contributed by atoms with E-state index in [-0.39, 0.29) is 18.6 Å². The number of amides is 1. The van der Waals surface area contributed by atoms with Crippen molar-refractivity contribution in [3.05, 3.63) is 46.5 Å². The smallest absolute Gasteiger partial charge is 0.265 e. The highest BCUT2D eigenvalue weighted by Crippen LogP contribution is 2.12. The zero-order chi connectivity index (χ0) is 14.4. The lowest BCUT2D eigenvalue weighted by Gasteiger charge is -2.16. The fourth-order valence-electron chi connectivity index (χ4n) is 1.92. The van der Waals surface area contributed by atoms with Crippen molar-refractivity contribution in [2.24, 2.45) is 0 Å². The molecule has 1 atom stereocenters. The minimum atomic E-state index is -0.309. The molecule has 1 amide bonds. The fraction of sp³-hybridized carbons (Fsp3) is 0.357. The van der Waals surface area contributed by atoms with Gasteiger partial charge in [-0.05, 0) is 29.9 Å². The van der Waals surface area contributed by atoms with Crippen LogP contribution in [0.3, 0.4) is 0 Å². The number of carbonyl (C=O) groups is 1. The van der Waals surface area contributed by atoms with Gasteiger partial charge in [0.05, 0.1) is 18.3 Å². The molecule has 0 aliphatic heterocycles. The van der Waals surface area contributed by atoms with Gasteiger partial charge in [0, 0.05) is 0 Å². The lowest BCUT2D eigenvalue weighted by molar-refractivity contribution is 0.0919. The van der Waals surface area contributed by atoms with Crippen molar-refractivity contribution in [1.82, 2.24) is 14.9 Å². The van der Waals surface area contributed by atoms with Crippen LogP contribution in [0.1, 0.15) is 27.9 Å². The molecule has 0 unspecified atom stereocenters. The highest BCUT2D eigenvalue weighted by atomic mass is 32.1. The first-order valence-electron chi connectivity index (χ1n) is 6.51. The SMILES string of the molecule is CCc1nnsc1C(=O)N[C@H](CO)Cc1ccccc1. The van der Waals surface area contributed by atoms with Gasteiger partial charge in [-0.15, -0.1) is 5.10 Å². The second-order valence-corrected chi connectivity index (χ2v) is 5.20. The number of benzene rings is 1. The maximum atomic E-state index is 12.2. The molecule has 1 aromatic heterocycles. The van der Waals surface area contributed by atoms with E-state index in [4.69, 9.17) is 0 Å². The van der Waals surface area contributed by atoms with E-state index in [1.54, 1.807) is 0 Å². The van der Waals surface area contributed by atoms with Crippen molar-refractivity contribution >= 4 is 17.4 Å². The Morgan fingerprint density at radius 2 is 2.15 bits per heavy atom. The molecule has 5 nitrogen and oxygen atoms in total. The van der Waals surface area contributed by atoms with Crippen molar-refractivity contribution in [2.75, 3.05) is 6.61 Å². The third-order valence-electron chi connectivity index (χ3n) is 2.98. The summed E-state index contributed by atoms with van der Waals surface area (Å²) in [6, 6.07) is 9.45. The number of aliphatic hydroxyl groups is 1. The van der Waals surface area contributed by atoms with E-state index in [2.05, 4.69) is 14.9 Å². The zero-order valence-corrected chi connectivity index (χ0v) is 12.1. The standard InChI is InChI=1S/C14H17N3O2S/c1-2-12-13(20-17-16-12)14(19)15-11(9-18)8-10-6-4-3-5-7-10/h3-7,11,18H,2,8-9H2,1H3,(H,15,19)/t11-/m0/s1. The number of nitrogens with one attached hydrogen (secondary N) is 1. The molecule has 0 aliphatic carbocycles. The van der Waals surface area contributed by atoms with Gasteiger partial charge in [-0.2, -0.15) is 0 Å². The number of aryl methyl sites for hydroxylation is 1. The van der Waals surface area contributed by atoms with Crippen molar-refractivity contribution in [3.63, 3.8) is 0 Å². The van der Waals surface area contributed by atoms with Gasteiger partial charge in [-0.1, -0.05) is 41.7 Å². The first-order chi connectivity index (χ1) is 9.74. The minimum Gasteiger partial charge on any atom is -0.394 e. The van der Waals surface area contributed by atoms with Gasteiger partial charge in [0.2, 0.25) is 0 Å². The number of aromatic nitrogens is 2. The van der Waals surface area contributed by atoms with Crippen molar-refractivity contribution in [2.45, 2.75) is 25.8 Å². The molecule has 2 N–H and O–H groups in total. The largest absolute Gasteiger partial charge is 0.394 e. The molecule has 0 radical (unpaired) electrons. The molecule has 0 saturated carbocycles. The van der Waals surface area contributed by atoms with Crippen molar-refractivity contribution in [1.29, 1.82) is 0 Å². The number of carbonyl (C=O) groups excluding carboxylic acids is 1. The number of nitrogens with zero attached hydrogens (tertiary/aromatic N) is 2. The van der Waals surface area contributed by atoms with E-state index < -0.39 is 0 Å². The number of hydrogen-bond acceptors (Lipinski definition) is 5. The van der Waals surface area contributed by atoms with Gasteiger partial charge in [0.25, 0.3) is 5.91 Å². The number of aliphatic hydroxyl groups excluding tert-OH is 1. The summed E-state index contributed by atoms with van der Waals surface area (Å²) in [6.07, 6.45) is 1.26. The summed E-state index contributed by atoms with van der Waals surface area (Å²) in [5.41, 5.74) is 1.77. The van der Waals surface area contributed by atoms with Crippen LogP contribution in [-0.4, -0.2) is 33.2 Å². The zero-order valence-electron chi connectivity index (χ0n) is 11.2. The summed E-state index contributed by atoms with van der Waals surface area (Å²) in [4.78, 5) is 12.7. The summed E-state index contributed by atoms with van der Waals surface area (Å²) >= 11 is 1.09. The molecule has 0 fully saturated rings. The monoisotopic (exact) mass is 291 g/mol. The molecule has 0 aliphatic rings. The lowest BCUT2D eigenvalue weighted by Crippen LogP contribution is -2.39. The Kier molecular flexibility index (Phi) is 5.20. The van der Waals surface area contributed by atoms with Gasteiger partial charge in [-0.3, -0.25) is 4.79 Å². The van der Waals surface area contributed by atoms with Crippen LogP contribution < -0.4 is 5.32 Å². The lowest BCUT2D eigenvalue weighted by atomic mass is 10.1. The minimum absolute atomic E-state index is 0.103. The Labute approximate surface area is 121 Å². The van der Waals surface area contributed by atoms with E-state index in [1.807, 2.05) is 37.3 Å². The van der Waals surface area contributed by atoms with E-state index in [1.165, 1.54) is 0 Å². The predicted octanol–water partition coefficient (Wildman–Crippen LogP) is 1.43. The molecule has 2 rings (SSSR count). The van der Waals surface area contributed by atoms with E-state index in [0.717, 1.165) is 17.1 Å². The summed E-state index contributed by atoms with van der Waals surface area (Å²) in [5.74, 6) is -0.216. The third kappa shape index (κ3) is 3.61. The van der Waals surface area contributed by atoms with Gasteiger partial charge < -0.3 is 10.4 Å². The quantitative estimate of drug-likeness (QED) is 0.844. The molecule has 1 heterocycles.